The molecule has 0 unspecified atom stereocenters. The summed E-state index contributed by atoms with van der Waals surface area (Å²) in [6.07, 6.45) is 4.21. The molecule has 0 saturated carbocycles. The van der Waals surface area contributed by atoms with Gasteiger partial charge in [-0.15, -0.1) is 0 Å². The Bertz CT molecular complexity index is 26.1. The van der Waals surface area contributed by atoms with Crippen LogP contribution in [0.2, 0.25) is 0 Å². The Morgan fingerprint density at radius 2 is 2.00 bits per heavy atom. The molecule has 0 bridgehead atoms. The van der Waals surface area contributed by atoms with E-state index in [-0.39, 0.29) is 0 Å². The molecular weight excluding hydrogens is 164 g/mol. The lowest BCUT2D eigenvalue weighted by atomic mass is 11.9. The van der Waals surface area contributed by atoms with Gasteiger partial charge in [0.25, 0.3) is 0 Å². The summed E-state index contributed by atoms with van der Waals surface area (Å²) in [5.74, 6) is 0. The van der Waals surface area contributed by atoms with Gasteiger partial charge in [-0.3, -0.25) is 0 Å². The molecule has 0 rings (SSSR count). The van der Waals surface area contributed by atoms with Gasteiger partial charge < -0.3 is 0 Å². The van der Waals surface area contributed by atoms with Crippen LogP contribution in [0.1, 0.15) is 0 Å². The Hall–Kier alpha value is 1.40. The molecule has 0 radical (unpaired) electrons. The van der Waals surface area contributed by atoms with E-state index in [4.69, 9.17) is 0 Å². The smallest absolute Gasteiger partial charge is 0.0501 e. The van der Waals surface area contributed by atoms with Gasteiger partial charge in [0.1, 0.15) is 0 Å². The second-order valence-corrected chi connectivity index (χ2v) is 6.32. The monoisotopic (exact) mass is 172 g/mol. The van der Waals surface area contributed by atoms with Crippen LogP contribution >= 0.6 is 43.2 Å². The van der Waals surface area contributed by atoms with Crippen LogP contribution in [0.25, 0.3) is 0 Å². The first-order valence-electron chi connectivity index (χ1n) is 1.73. The molecule has 0 fully saturated rings. The van der Waals surface area contributed by atoms with Crippen molar-refractivity contribution in [3.63, 3.8) is 0 Å². The average molecular weight is 172 g/mol. The molecule has 0 nitrogen and oxygen atoms in total. The topological polar surface area (TPSA) is 0 Å². The standard InChI is InChI=1S/C3H8S4/c1-4-3-6-7-5-2/h3H2,1-2H3. The first-order valence-corrected chi connectivity index (χ1v) is 7.18. The van der Waals surface area contributed by atoms with E-state index in [0.29, 0.717) is 0 Å². The van der Waals surface area contributed by atoms with Crippen molar-refractivity contribution in [1.29, 1.82) is 0 Å². The number of hydrogen-bond donors (Lipinski definition) is 0. The molecular formula is C3H8S4. The van der Waals surface area contributed by atoms with Gasteiger partial charge in [-0.2, -0.15) is 11.8 Å². The van der Waals surface area contributed by atoms with Crippen molar-refractivity contribution in [2.24, 2.45) is 0 Å². The first kappa shape index (κ1) is 8.40. The maximum Gasteiger partial charge on any atom is 0.0501 e. The Morgan fingerprint density at radius 3 is 2.43 bits per heavy atom. The van der Waals surface area contributed by atoms with E-state index in [1.54, 1.807) is 0 Å². The highest BCUT2D eigenvalue weighted by Gasteiger charge is 1.81. The molecule has 0 aliphatic rings. The molecule has 4 heteroatoms. The molecule has 0 aliphatic heterocycles. The van der Waals surface area contributed by atoms with E-state index >= 15 is 0 Å². The third-order valence-corrected chi connectivity index (χ3v) is 5.50. The first-order chi connectivity index (χ1) is 3.41. The molecule has 0 aromatic rings. The third kappa shape index (κ3) is 7.40. The molecule has 44 valence electrons. The summed E-state index contributed by atoms with van der Waals surface area (Å²) >= 11 is 1.87. The van der Waals surface area contributed by atoms with Crippen molar-refractivity contribution in [1.82, 2.24) is 0 Å². The Labute approximate surface area is 60.8 Å². The van der Waals surface area contributed by atoms with Crippen molar-refractivity contribution >= 4 is 43.2 Å². The molecule has 0 aromatic heterocycles. The second-order valence-electron chi connectivity index (χ2n) is 0.759. The fourth-order valence-electron chi connectivity index (χ4n) is 0.116. The summed E-state index contributed by atoms with van der Waals surface area (Å²) < 4.78 is 0. The van der Waals surface area contributed by atoms with Gasteiger partial charge in [-0.05, 0) is 22.3 Å². The van der Waals surface area contributed by atoms with Crippen molar-refractivity contribution in [3.8, 4) is 0 Å². The van der Waals surface area contributed by atoms with Gasteiger partial charge in [-0.1, -0.05) is 21.6 Å². The van der Waals surface area contributed by atoms with Gasteiger partial charge in [0.15, 0.2) is 0 Å². The molecule has 0 N–H and O–H groups in total. The minimum absolute atomic E-state index is 1.20. The summed E-state index contributed by atoms with van der Waals surface area (Å²) in [6.45, 7) is 0. The molecule has 0 atom stereocenters. The Morgan fingerprint density at radius 1 is 1.29 bits per heavy atom. The largest absolute Gasteiger partial charge is 0.154 e. The fourth-order valence-corrected chi connectivity index (χ4v) is 4.19. The van der Waals surface area contributed by atoms with E-state index in [9.17, 15) is 0 Å². The highest BCUT2D eigenvalue weighted by Crippen LogP contribution is 2.33. The normalized spacial score (nSPS) is 9.43. The molecule has 0 aliphatic carbocycles. The SMILES string of the molecule is CSCSSSC. The zero-order valence-corrected chi connectivity index (χ0v) is 7.61. The maximum atomic E-state index is 2.12. The second kappa shape index (κ2) is 7.40. The highest BCUT2D eigenvalue weighted by atomic mass is 33.5. The predicted molar refractivity (Wildman–Crippen MR) is 47.1 cm³/mol. The van der Waals surface area contributed by atoms with Crippen LogP contribution in [-0.2, 0) is 0 Å². The minimum Gasteiger partial charge on any atom is -0.154 e. The van der Waals surface area contributed by atoms with Crippen LogP contribution in [-0.4, -0.2) is 17.6 Å². The Balaban J connectivity index is 2.45. The van der Waals surface area contributed by atoms with Gasteiger partial charge in [0, 0.05) is 0 Å². The average Bonchev–Trinajstić information content (AvgIpc) is 1.69. The van der Waals surface area contributed by atoms with Crippen molar-refractivity contribution in [2.45, 2.75) is 0 Å². The van der Waals surface area contributed by atoms with Gasteiger partial charge in [-0.25, -0.2) is 0 Å². The van der Waals surface area contributed by atoms with Crippen LogP contribution in [0.5, 0.6) is 0 Å². The lowest BCUT2D eigenvalue weighted by Gasteiger charge is -1.89. The summed E-state index contributed by atoms with van der Waals surface area (Å²) in [5.41, 5.74) is 0. The van der Waals surface area contributed by atoms with Crippen LogP contribution in [0.3, 0.4) is 0 Å². The van der Waals surface area contributed by atoms with Crippen LogP contribution in [0.4, 0.5) is 0 Å². The zero-order chi connectivity index (χ0) is 5.54. The maximum absolute atomic E-state index is 2.12. The zero-order valence-electron chi connectivity index (χ0n) is 4.34. The van der Waals surface area contributed by atoms with Gasteiger partial charge in [0.2, 0.25) is 0 Å². The fraction of sp³-hybridized carbons (Fsp3) is 1.00. The number of rotatable bonds is 4. The lowest BCUT2D eigenvalue weighted by Crippen LogP contribution is -1.55. The summed E-state index contributed by atoms with van der Waals surface area (Å²) in [4.78, 5) is 0. The summed E-state index contributed by atoms with van der Waals surface area (Å²) in [5, 5.41) is 1.20. The summed E-state index contributed by atoms with van der Waals surface area (Å²) in [6, 6.07) is 0. The number of hydrogen-bond acceptors (Lipinski definition) is 4. The predicted octanol–water partition coefficient (Wildman–Crippen LogP) is 2.97. The summed E-state index contributed by atoms with van der Waals surface area (Å²) in [7, 11) is 5.55. The molecule has 0 heterocycles. The van der Waals surface area contributed by atoms with Crippen LogP contribution in [0, 0.1) is 0 Å². The van der Waals surface area contributed by atoms with Gasteiger partial charge in [0.05, 0.1) is 5.08 Å². The van der Waals surface area contributed by atoms with Crippen molar-refractivity contribution in [2.75, 3.05) is 17.6 Å². The molecule has 0 amide bonds. The van der Waals surface area contributed by atoms with Crippen molar-refractivity contribution < 1.29 is 0 Å². The molecule has 0 aromatic carbocycles. The van der Waals surface area contributed by atoms with E-state index < -0.39 is 0 Å². The molecule has 0 spiro atoms. The number of thioether (sulfide) groups is 1. The van der Waals surface area contributed by atoms with Crippen LogP contribution in [0.15, 0.2) is 0 Å². The van der Waals surface area contributed by atoms with Gasteiger partial charge >= 0.3 is 0 Å². The minimum atomic E-state index is 1.20. The van der Waals surface area contributed by atoms with Crippen LogP contribution < -0.4 is 0 Å². The quantitative estimate of drug-likeness (QED) is 0.363. The molecule has 0 saturated heterocycles. The van der Waals surface area contributed by atoms with E-state index in [1.165, 1.54) is 5.08 Å². The van der Waals surface area contributed by atoms with E-state index in [2.05, 4.69) is 12.5 Å². The van der Waals surface area contributed by atoms with E-state index in [1.807, 2.05) is 43.2 Å². The molecule has 7 heavy (non-hydrogen) atoms. The van der Waals surface area contributed by atoms with Crippen molar-refractivity contribution in [3.05, 3.63) is 0 Å². The third-order valence-electron chi connectivity index (χ3n) is 0.282. The lowest BCUT2D eigenvalue weighted by molar-refractivity contribution is 2.26. The highest BCUT2D eigenvalue weighted by molar-refractivity contribution is 9.09. The Kier molecular flexibility index (Phi) is 8.88. The van der Waals surface area contributed by atoms with E-state index in [0.717, 1.165) is 0 Å².